The van der Waals surface area contributed by atoms with Crippen LogP contribution in [0.25, 0.3) is 4.85 Å². The SMILES string of the molecule is [C-]#[N+]c1ccccc1.[C-]#[O+].[C-]#[O+].[C-]#[O+].[C-]#[O+].[C-]#[O+].[Fe].[Fe].[S-]CCC[S-]. The third-order valence-electron chi connectivity index (χ3n) is 1.17. The maximum atomic E-state index is 7.50. The molecule has 0 aliphatic carbocycles. The second-order valence-electron chi connectivity index (χ2n) is 2.21. The molecule has 0 bridgehead atoms. The van der Waals surface area contributed by atoms with Crippen LogP contribution < -0.4 is 0 Å². The molecule has 6 nitrogen and oxygen atoms in total. The van der Waals surface area contributed by atoms with E-state index in [1.54, 1.807) is 12.1 Å². The molecule has 1 rings (SSSR count). The van der Waals surface area contributed by atoms with Crippen LogP contribution in [-0.4, -0.2) is 11.5 Å². The summed E-state index contributed by atoms with van der Waals surface area (Å²) in [6, 6.07) is 9.18. The van der Waals surface area contributed by atoms with Gasteiger partial charge in [-0.2, -0.15) is 11.5 Å². The molecule has 0 aliphatic heterocycles. The van der Waals surface area contributed by atoms with Crippen molar-refractivity contribution < 1.29 is 57.4 Å². The van der Waals surface area contributed by atoms with Gasteiger partial charge in [0.2, 0.25) is 0 Å². The summed E-state index contributed by atoms with van der Waals surface area (Å²) in [6.45, 7) is 29.1. The van der Waals surface area contributed by atoms with Gasteiger partial charge in [0, 0.05) is 34.1 Å². The molecule has 0 N–H and O–H groups in total. The zero-order valence-electron chi connectivity index (χ0n) is 12.5. The summed E-state index contributed by atoms with van der Waals surface area (Å²) < 4.78 is 37.5. The molecular weight excluding hydrogens is 450 g/mol. The van der Waals surface area contributed by atoms with Crippen molar-refractivity contribution in [1.82, 2.24) is 0 Å². The Hall–Kier alpha value is -0.851. The molecule has 0 aromatic heterocycles. The molecule has 0 radical (unpaired) electrons. The van der Waals surface area contributed by atoms with Crippen LogP contribution in [0.5, 0.6) is 0 Å². The predicted octanol–water partition coefficient (Wildman–Crippen LogP) is 2.52. The van der Waals surface area contributed by atoms with Gasteiger partial charge in [0.15, 0.2) is 5.69 Å². The van der Waals surface area contributed by atoms with Gasteiger partial charge in [0.05, 0.1) is 6.57 Å². The Morgan fingerprint density at radius 3 is 1.08 bits per heavy atom. The Morgan fingerprint density at radius 1 is 0.680 bits per heavy atom. The molecular formula is C15H11Fe2NO5S2-2. The van der Waals surface area contributed by atoms with Gasteiger partial charge >= 0.3 is 56.5 Å². The average Bonchev–Trinajstić information content (AvgIpc) is 2.71. The van der Waals surface area contributed by atoms with Gasteiger partial charge < -0.3 is 25.3 Å². The third kappa shape index (κ3) is 83.3. The van der Waals surface area contributed by atoms with Gasteiger partial charge in [-0.05, 0) is 0 Å². The largest absolute Gasteiger partial charge is 0.793 e. The number of hydrogen-bond donors (Lipinski definition) is 0. The molecule has 1 aromatic carbocycles. The minimum Gasteiger partial charge on any atom is -0.793 e. The molecule has 0 atom stereocenters. The van der Waals surface area contributed by atoms with Crippen LogP contribution in [0.4, 0.5) is 5.69 Å². The predicted molar refractivity (Wildman–Crippen MR) is 81.4 cm³/mol. The van der Waals surface area contributed by atoms with E-state index < -0.39 is 0 Å². The Kier molecular flexibility index (Phi) is 181. The molecule has 0 fully saturated rings. The van der Waals surface area contributed by atoms with E-state index in [-0.39, 0.29) is 34.1 Å². The Morgan fingerprint density at radius 2 is 0.960 bits per heavy atom. The monoisotopic (exact) mass is 461 g/mol. The van der Waals surface area contributed by atoms with Crippen molar-refractivity contribution in [2.45, 2.75) is 6.42 Å². The van der Waals surface area contributed by atoms with Crippen molar-refractivity contribution in [3.05, 3.63) is 75.0 Å². The van der Waals surface area contributed by atoms with Gasteiger partial charge in [-0.15, -0.1) is 0 Å². The first-order chi connectivity index (χ1) is 11.3. The number of para-hydroxylation sites is 1. The summed E-state index contributed by atoms with van der Waals surface area (Å²) in [4.78, 5) is 3.22. The molecule has 0 spiro atoms. The third-order valence-corrected chi connectivity index (χ3v) is 1.75. The minimum atomic E-state index is 0. The van der Waals surface area contributed by atoms with Crippen molar-refractivity contribution in [2.75, 3.05) is 11.5 Å². The van der Waals surface area contributed by atoms with Gasteiger partial charge in [-0.25, -0.2) is 4.85 Å². The van der Waals surface area contributed by atoms with Crippen molar-refractivity contribution >= 4 is 30.9 Å². The maximum absolute atomic E-state index is 7.50. The van der Waals surface area contributed by atoms with Crippen LogP contribution >= 0.6 is 0 Å². The van der Waals surface area contributed by atoms with Crippen molar-refractivity contribution in [2.24, 2.45) is 0 Å². The van der Waals surface area contributed by atoms with Crippen molar-refractivity contribution in [1.29, 1.82) is 0 Å². The van der Waals surface area contributed by atoms with Crippen LogP contribution in [0, 0.1) is 39.8 Å². The molecule has 0 amide bonds. The molecule has 0 saturated carbocycles. The fourth-order valence-corrected chi connectivity index (χ4v) is 1.03. The Balaban J connectivity index is -0.0000000252. The van der Waals surface area contributed by atoms with Crippen LogP contribution in [0.2, 0.25) is 0 Å². The molecule has 1 aromatic rings. The standard InChI is InChI=1S/C7H5N.C3H8S2.5CO.2Fe/c1-8-7-5-3-2-4-6-7;4-2-1-3-5;5*1-2;;/h2-6H;4-5H,1-3H2;;;;;;;/p-2. The number of benzene rings is 1. The summed E-state index contributed by atoms with van der Waals surface area (Å²) in [5.74, 6) is 1.65. The van der Waals surface area contributed by atoms with E-state index in [1.807, 2.05) is 18.2 Å². The van der Waals surface area contributed by atoms with E-state index in [4.69, 9.17) is 29.8 Å². The van der Waals surface area contributed by atoms with Gasteiger partial charge in [0.1, 0.15) is 0 Å². The molecule has 0 aliphatic rings. The van der Waals surface area contributed by atoms with E-state index in [2.05, 4.69) is 63.4 Å². The molecule has 0 unspecified atom stereocenters. The normalized spacial score (nSPS) is 4.60. The average molecular weight is 461 g/mol. The second kappa shape index (κ2) is 91.4. The van der Waals surface area contributed by atoms with Gasteiger partial charge in [-0.3, -0.25) is 0 Å². The summed E-state index contributed by atoms with van der Waals surface area (Å²) in [5.41, 5.74) is 0.701. The summed E-state index contributed by atoms with van der Waals surface area (Å²) in [5, 5.41) is 0. The smallest absolute Gasteiger partial charge is 0 e. The van der Waals surface area contributed by atoms with Gasteiger partial charge in [-0.1, -0.05) is 36.8 Å². The van der Waals surface area contributed by atoms with Crippen LogP contribution in [0.3, 0.4) is 0 Å². The summed E-state index contributed by atoms with van der Waals surface area (Å²) >= 11 is 9.17. The minimum absolute atomic E-state index is 0. The summed E-state index contributed by atoms with van der Waals surface area (Å²) in [6.07, 6.45) is 1.02. The van der Waals surface area contributed by atoms with Crippen molar-refractivity contribution in [3.63, 3.8) is 0 Å². The molecule has 136 valence electrons. The first kappa shape index (κ1) is 49.6. The maximum Gasteiger partial charge on any atom is 0 e. The van der Waals surface area contributed by atoms with E-state index >= 15 is 0 Å². The first-order valence-corrected chi connectivity index (χ1v) is 6.11. The Labute approximate surface area is 180 Å². The van der Waals surface area contributed by atoms with Crippen molar-refractivity contribution in [3.8, 4) is 0 Å². The molecule has 0 saturated heterocycles. The topological polar surface area (TPSA) is 104 Å². The fourth-order valence-electron chi connectivity index (χ4n) is 0.561. The van der Waals surface area contributed by atoms with Crippen LogP contribution in [-0.2, 0) is 82.7 Å². The van der Waals surface area contributed by atoms with Crippen LogP contribution in [0.15, 0.2) is 30.3 Å². The zero-order valence-corrected chi connectivity index (χ0v) is 16.4. The molecule has 10 heteroatoms. The molecule has 0 heterocycles. The van der Waals surface area contributed by atoms with Gasteiger partial charge in [0.25, 0.3) is 0 Å². The summed E-state index contributed by atoms with van der Waals surface area (Å²) in [7, 11) is 0. The number of rotatable bonds is 2. The number of nitrogens with zero attached hydrogens (tertiary/aromatic N) is 1. The second-order valence-corrected chi connectivity index (χ2v) is 3.03. The van der Waals surface area contributed by atoms with E-state index in [0.29, 0.717) is 5.69 Å². The quantitative estimate of drug-likeness (QED) is 0.293. The van der Waals surface area contributed by atoms with E-state index in [1.165, 1.54) is 0 Å². The first-order valence-electron chi connectivity index (χ1n) is 4.96. The zero-order chi connectivity index (χ0) is 19.9. The molecule has 25 heavy (non-hydrogen) atoms. The number of hydrogen-bond acceptors (Lipinski definition) is 2. The Bertz CT molecular complexity index is 406. The van der Waals surface area contributed by atoms with E-state index in [9.17, 15) is 0 Å². The van der Waals surface area contributed by atoms with Crippen LogP contribution in [0.1, 0.15) is 6.42 Å². The fraction of sp³-hybridized carbons (Fsp3) is 0.200. The van der Waals surface area contributed by atoms with E-state index in [0.717, 1.165) is 17.9 Å².